The lowest BCUT2D eigenvalue weighted by molar-refractivity contribution is 0.0975. The Bertz CT molecular complexity index is 751. The van der Waals surface area contributed by atoms with E-state index in [-0.39, 0.29) is 23.7 Å². The van der Waals surface area contributed by atoms with E-state index in [9.17, 15) is 9.90 Å². The van der Waals surface area contributed by atoms with Gasteiger partial charge in [0.05, 0.1) is 19.2 Å². The van der Waals surface area contributed by atoms with E-state index in [0.717, 1.165) is 5.75 Å². The van der Waals surface area contributed by atoms with Crippen LogP contribution >= 0.6 is 24.2 Å². The van der Waals surface area contributed by atoms with Crippen molar-refractivity contribution in [2.45, 2.75) is 0 Å². The maximum absolute atomic E-state index is 12.2. The lowest BCUT2D eigenvalue weighted by atomic mass is 10.1. The van der Waals surface area contributed by atoms with Crippen LogP contribution in [0.25, 0.3) is 10.9 Å². The molecule has 0 aliphatic carbocycles. The molecule has 2 heterocycles. The summed E-state index contributed by atoms with van der Waals surface area (Å²) in [6.45, 7) is 0.694. The van der Waals surface area contributed by atoms with Crippen molar-refractivity contribution in [3.05, 3.63) is 30.0 Å². The molecule has 3 rings (SSSR count). The number of rotatable bonds is 2. The number of pyridine rings is 1. The number of aromatic nitrogens is 1. The average molecular weight is 340 g/mol. The largest absolute Gasteiger partial charge is 0.506 e. The van der Waals surface area contributed by atoms with Crippen molar-refractivity contribution in [2.75, 3.05) is 19.4 Å². The van der Waals surface area contributed by atoms with Crippen LogP contribution in [0.1, 0.15) is 10.4 Å². The first-order chi connectivity index (χ1) is 10.2. The molecule has 1 aliphatic heterocycles. The van der Waals surface area contributed by atoms with Crippen LogP contribution in [0.4, 0.5) is 0 Å². The molecular weight excluding hydrogens is 326 g/mol. The SMILES string of the molecule is COc1ccc2ncc(C(=O)NC3=NCCS3)c(O)c2c1.Cl. The van der Waals surface area contributed by atoms with Crippen molar-refractivity contribution in [3.63, 3.8) is 0 Å². The second-order valence-electron chi connectivity index (χ2n) is 4.39. The highest BCUT2D eigenvalue weighted by molar-refractivity contribution is 8.14. The number of ether oxygens (including phenoxy) is 1. The van der Waals surface area contributed by atoms with Gasteiger partial charge in [0, 0.05) is 17.3 Å². The number of nitrogens with zero attached hydrogens (tertiary/aromatic N) is 2. The molecule has 22 heavy (non-hydrogen) atoms. The number of hydrogen-bond acceptors (Lipinski definition) is 6. The standard InChI is InChI=1S/C14H13N3O3S.ClH/c1-20-8-2-3-11-9(6-8)12(18)10(7-16-11)13(19)17-14-15-4-5-21-14;/h2-3,6-7H,4-5H2,1H3,(H,16,18)(H,15,17,19);1H. The summed E-state index contributed by atoms with van der Waals surface area (Å²) in [5, 5.41) is 14.0. The van der Waals surface area contributed by atoms with Gasteiger partial charge in [0.25, 0.3) is 5.91 Å². The molecular formula is C14H14ClN3O3S. The molecule has 2 N–H and O–H groups in total. The average Bonchev–Trinajstić information content (AvgIpc) is 3.00. The third kappa shape index (κ3) is 3.10. The lowest BCUT2D eigenvalue weighted by Gasteiger charge is -2.09. The van der Waals surface area contributed by atoms with E-state index in [1.54, 1.807) is 18.2 Å². The summed E-state index contributed by atoms with van der Waals surface area (Å²) in [6, 6.07) is 5.13. The Kier molecular flexibility index (Phi) is 5.10. The second kappa shape index (κ2) is 6.85. The van der Waals surface area contributed by atoms with Gasteiger partial charge < -0.3 is 15.2 Å². The minimum Gasteiger partial charge on any atom is -0.506 e. The molecule has 1 amide bonds. The zero-order chi connectivity index (χ0) is 14.8. The Morgan fingerprint density at radius 2 is 2.27 bits per heavy atom. The van der Waals surface area contributed by atoms with Gasteiger partial charge >= 0.3 is 0 Å². The number of aliphatic imine (C=N–C) groups is 1. The highest BCUT2D eigenvalue weighted by atomic mass is 35.5. The third-order valence-electron chi connectivity index (χ3n) is 3.10. The number of carbonyl (C=O) groups is 1. The van der Waals surface area contributed by atoms with E-state index in [2.05, 4.69) is 15.3 Å². The summed E-state index contributed by atoms with van der Waals surface area (Å²) in [5.74, 6) is 0.917. The first kappa shape index (κ1) is 16.4. The molecule has 116 valence electrons. The van der Waals surface area contributed by atoms with Crippen molar-refractivity contribution in [1.29, 1.82) is 0 Å². The van der Waals surface area contributed by atoms with Crippen LogP contribution in [0.5, 0.6) is 11.5 Å². The van der Waals surface area contributed by atoms with Crippen molar-refractivity contribution in [3.8, 4) is 11.5 Å². The van der Waals surface area contributed by atoms with Crippen LogP contribution in [0.2, 0.25) is 0 Å². The normalized spacial score (nSPS) is 13.4. The number of thioether (sulfide) groups is 1. The first-order valence-corrected chi connectivity index (χ1v) is 7.32. The molecule has 0 saturated carbocycles. The smallest absolute Gasteiger partial charge is 0.262 e. The zero-order valence-electron chi connectivity index (χ0n) is 11.7. The summed E-state index contributed by atoms with van der Waals surface area (Å²) in [4.78, 5) is 20.5. The molecule has 6 nitrogen and oxygen atoms in total. The van der Waals surface area contributed by atoms with E-state index >= 15 is 0 Å². The van der Waals surface area contributed by atoms with Crippen LogP contribution in [0.15, 0.2) is 29.4 Å². The van der Waals surface area contributed by atoms with Crippen molar-refractivity contribution < 1.29 is 14.6 Å². The van der Waals surface area contributed by atoms with Crippen LogP contribution < -0.4 is 10.1 Å². The second-order valence-corrected chi connectivity index (χ2v) is 5.48. The summed E-state index contributed by atoms with van der Waals surface area (Å²) < 4.78 is 5.12. The van der Waals surface area contributed by atoms with Gasteiger partial charge in [-0.2, -0.15) is 0 Å². The Balaban J connectivity index is 0.00000176. The minimum absolute atomic E-state index is 0. The van der Waals surface area contributed by atoms with Gasteiger partial charge in [0.15, 0.2) is 5.17 Å². The predicted molar refractivity (Wildman–Crippen MR) is 89.4 cm³/mol. The number of nitrogens with one attached hydrogen (secondary N) is 1. The maximum atomic E-state index is 12.2. The number of halogens is 1. The maximum Gasteiger partial charge on any atom is 0.262 e. The molecule has 1 aliphatic rings. The van der Waals surface area contributed by atoms with Crippen LogP contribution in [0, 0.1) is 0 Å². The molecule has 8 heteroatoms. The molecule has 0 saturated heterocycles. The molecule has 2 aromatic rings. The number of benzene rings is 1. The molecule has 0 spiro atoms. The molecule has 1 aromatic heterocycles. The van der Waals surface area contributed by atoms with Crippen molar-refractivity contribution in [1.82, 2.24) is 10.3 Å². The number of fused-ring (bicyclic) bond motifs is 1. The van der Waals surface area contributed by atoms with Gasteiger partial charge in [-0.05, 0) is 18.2 Å². The Labute approximate surface area is 137 Å². The van der Waals surface area contributed by atoms with Crippen LogP contribution in [0.3, 0.4) is 0 Å². The number of amidine groups is 1. The fourth-order valence-electron chi connectivity index (χ4n) is 2.03. The molecule has 0 atom stereocenters. The topological polar surface area (TPSA) is 83.8 Å². The Morgan fingerprint density at radius 1 is 1.45 bits per heavy atom. The fourth-order valence-corrected chi connectivity index (χ4v) is 2.75. The first-order valence-electron chi connectivity index (χ1n) is 6.33. The number of aromatic hydroxyl groups is 1. The van der Waals surface area contributed by atoms with Crippen LogP contribution in [-0.4, -0.2) is 40.6 Å². The molecule has 0 unspecified atom stereocenters. The summed E-state index contributed by atoms with van der Waals surface area (Å²) in [6.07, 6.45) is 1.36. The predicted octanol–water partition coefficient (Wildman–Crippen LogP) is 2.20. The van der Waals surface area contributed by atoms with E-state index in [0.29, 0.717) is 28.4 Å². The highest BCUT2D eigenvalue weighted by Crippen LogP contribution is 2.30. The lowest BCUT2D eigenvalue weighted by Crippen LogP contribution is -2.27. The van der Waals surface area contributed by atoms with Crippen LogP contribution in [-0.2, 0) is 0 Å². The van der Waals surface area contributed by atoms with Gasteiger partial charge in [-0.15, -0.1) is 12.4 Å². The Hall–Kier alpha value is -1.99. The summed E-state index contributed by atoms with van der Waals surface area (Å²) >= 11 is 1.48. The van der Waals surface area contributed by atoms with Gasteiger partial charge in [-0.1, -0.05) is 11.8 Å². The summed E-state index contributed by atoms with van der Waals surface area (Å²) in [5.41, 5.74) is 0.711. The highest BCUT2D eigenvalue weighted by Gasteiger charge is 2.18. The molecule has 0 radical (unpaired) electrons. The summed E-state index contributed by atoms with van der Waals surface area (Å²) in [7, 11) is 1.54. The third-order valence-corrected chi connectivity index (χ3v) is 3.99. The van der Waals surface area contributed by atoms with E-state index in [1.807, 2.05) is 0 Å². The number of carbonyl (C=O) groups excluding carboxylic acids is 1. The monoisotopic (exact) mass is 339 g/mol. The molecule has 0 bridgehead atoms. The molecule has 1 aromatic carbocycles. The Morgan fingerprint density at radius 3 is 2.95 bits per heavy atom. The fraction of sp³-hybridized carbons (Fsp3) is 0.214. The molecule has 0 fully saturated rings. The van der Waals surface area contributed by atoms with Crippen molar-refractivity contribution in [2.24, 2.45) is 4.99 Å². The zero-order valence-corrected chi connectivity index (χ0v) is 13.3. The number of methoxy groups -OCH3 is 1. The quantitative estimate of drug-likeness (QED) is 0.876. The van der Waals surface area contributed by atoms with E-state index in [4.69, 9.17) is 4.74 Å². The van der Waals surface area contributed by atoms with Crippen molar-refractivity contribution >= 4 is 46.1 Å². The van der Waals surface area contributed by atoms with E-state index < -0.39 is 5.91 Å². The number of amides is 1. The van der Waals surface area contributed by atoms with Gasteiger partial charge in [0.1, 0.15) is 17.1 Å². The van der Waals surface area contributed by atoms with Gasteiger partial charge in [-0.25, -0.2) is 0 Å². The number of hydrogen-bond donors (Lipinski definition) is 2. The minimum atomic E-state index is -0.419. The van der Waals surface area contributed by atoms with Gasteiger partial charge in [0.2, 0.25) is 0 Å². The van der Waals surface area contributed by atoms with E-state index in [1.165, 1.54) is 25.1 Å². The van der Waals surface area contributed by atoms with Gasteiger partial charge in [-0.3, -0.25) is 14.8 Å².